The van der Waals surface area contributed by atoms with Gasteiger partial charge in [-0.2, -0.15) is 0 Å². The highest BCUT2D eigenvalue weighted by Crippen LogP contribution is 2.39. The van der Waals surface area contributed by atoms with E-state index in [1.807, 2.05) is 19.2 Å². The zero-order valence-electron chi connectivity index (χ0n) is 12.4. The molecule has 0 heterocycles. The van der Waals surface area contributed by atoms with Crippen molar-refractivity contribution in [1.29, 1.82) is 0 Å². The third-order valence-electron chi connectivity index (χ3n) is 4.32. The molecule has 1 aliphatic carbocycles. The summed E-state index contributed by atoms with van der Waals surface area (Å²) in [4.78, 5) is 4.16. The Balaban J connectivity index is 2.19. The highest BCUT2D eigenvalue weighted by molar-refractivity contribution is 5.79. The van der Waals surface area contributed by atoms with E-state index in [9.17, 15) is 4.39 Å². The van der Waals surface area contributed by atoms with Gasteiger partial charge in [0.25, 0.3) is 0 Å². The molecule has 110 valence electrons. The van der Waals surface area contributed by atoms with Crippen molar-refractivity contribution in [2.75, 3.05) is 20.6 Å². The topological polar surface area (TPSA) is 36.4 Å². The first-order valence-electron chi connectivity index (χ1n) is 7.35. The predicted octanol–water partition coefficient (Wildman–Crippen LogP) is 2.82. The van der Waals surface area contributed by atoms with Crippen molar-refractivity contribution < 1.29 is 4.39 Å². The van der Waals surface area contributed by atoms with Crippen LogP contribution in [0.2, 0.25) is 0 Å². The van der Waals surface area contributed by atoms with Gasteiger partial charge in [0.05, 0.1) is 0 Å². The molecule has 0 radical (unpaired) electrons. The van der Waals surface area contributed by atoms with Crippen LogP contribution in [0.25, 0.3) is 0 Å². The van der Waals surface area contributed by atoms with Crippen molar-refractivity contribution in [3.63, 3.8) is 0 Å². The molecule has 0 spiro atoms. The molecule has 2 N–H and O–H groups in total. The van der Waals surface area contributed by atoms with Crippen LogP contribution in [0.15, 0.2) is 29.3 Å². The molecular formula is C16H24FN3. The lowest BCUT2D eigenvalue weighted by molar-refractivity contribution is 0.291. The van der Waals surface area contributed by atoms with Gasteiger partial charge in [-0.25, -0.2) is 4.39 Å². The molecule has 0 saturated heterocycles. The maximum atomic E-state index is 13.2. The van der Waals surface area contributed by atoms with E-state index in [4.69, 9.17) is 0 Å². The van der Waals surface area contributed by atoms with Crippen LogP contribution in [0.1, 0.15) is 37.7 Å². The zero-order valence-corrected chi connectivity index (χ0v) is 12.4. The summed E-state index contributed by atoms with van der Waals surface area (Å²) < 4.78 is 13.2. The van der Waals surface area contributed by atoms with Gasteiger partial charge in [-0.15, -0.1) is 0 Å². The molecule has 1 aromatic rings. The molecule has 0 aromatic heterocycles. The molecule has 0 aliphatic heterocycles. The second-order valence-electron chi connectivity index (χ2n) is 5.52. The highest BCUT2D eigenvalue weighted by Gasteiger charge is 2.33. The minimum atomic E-state index is -0.168. The van der Waals surface area contributed by atoms with Crippen LogP contribution in [-0.4, -0.2) is 26.6 Å². The Morgan fingerprint density at radius 1 is 1.20 bits per heavy atom. The molecule has 1 aromatic carbocycles. The number of aliphatic imine (C=N–C) groups is 1. The SMILES string of the molecule is CN=C(NC)NCC1(c2ccc(F)cc2)CCCCC1. The predicted molar refractivity (Wildman–Crippen MR) is 81.6 cm³/mol. The lowest BCUT2D eigenvalue weighted by Crippen LogP contribution is -2.45. The van der Waals surface area contributed by atoms with Gasteiger partial charge in [-0.05, 0) is 30.5 Å². The van der Waals surface area contributed by atoms with Gasteiger partial charge in [0, 0.05) is 26.1 Å². The second kappa shape index (κ2) is 6.73. The Hall–Kier alpha value is -1.58. The molecule has 1 saturated carbocycles. The molecule has 4 heteroatoms. The molecule has 2 rings (SSSR count). The number of benzene rings is 1. The third-order valence-corrected chi connectivity index (χ3v) is 4.32. The summed E-state index contributed by atoms with van der Waals surface area (Å²) in [6, 6.07) is 7.01. The molecule has 0 bridgehead atoms. The van der Waals surface area contributed by atoms with E-state index in [0.29, 0.717) is 0 Å². The minimum Gasteiger partial charge on any atom is -0.359 e. The number of hydrogen-bond donors (Lipinski definition) is 2. The van der Waals surface area contributed by atoms with E-state index in [1.165, 1.54) is 24.8 Å². The summed E-state index contributed by atoms with van der Waals surface area (Å²) >= 11 is 0. The van der Waals surface area contributed by atoms with E-state index < -0.39 is 0 Å². The van der Waals surface area contributed by atoms with Crippen molar-refractivity contribution in [1.82, 2.24) is 10.6 Å². The van der Waals surface area contributed by atoms with Crippen LogP contribution in [0.5, 0.6) is 0 Å². The highest BCUT2D eigenvalue weighted by atomic mass is 19.1. The van der Waals surface area contributed by atoms with Crippen LogP contribution in [-0.2, 0) is 5.41 Å². The molecular weight excluding hydrogens is 253 g/mol. The number of nitrogens with one attached hydrogen (secondary N) is 2. The smallest absolute Gasteiger partial charge is 0.190 e. The Bertz CT molecular complexity index is 447. The summed E-state index contributed by atoms with van der Waals surface area (Å²) in [6.07, 6.45) is 6.05. The first-order valence-corrected chi connectivity index (χ1v) is 7.35. The van der Waals surface area contributed by atoms with Crippen molar-refractivity contribution in [3.05, 3.63) is 35.6 Å². The van der Waals surface area contributed by atoms with Crippen molar-refractivity contribution in [2.45, 2.75) is 37.5 Å². The summed E-state index contributed by atoms with van der Waals surface area (Å²) in [6.45, 7) is 0.839. The van der Waals surface area contributed by atoms with Crippen LogP contribution < -0.4 is 10.6 Å². The first kappa shape index (κ1) is 14.8. The van der Waals surface area contributed by atoms with Crippen molar-refractivity contribution in [2.24, 2.45) is 4.99 Å². The molecule has 0 unspecified atom stereocenters. The van der Waals surface area contributed by atoms with Crippen LogP contribution in [0.4, 0.5) is 4.39 Å². The largest absolute Gasteiger partial charge is 0.359 e. The van der Waals surface area contributed by atoms with Crippen LogP contribution in [0, 0.1) is 5.82 Å². The van der Waals surface area contributed by atoms with Gasteiger partial charge in [-0.3, -0.25) is 4.99 Å². The lowest BCUT2D eigenvalue weighted by atomic mass is 9.69. The van der Waals surface area contributed by atoms with E-state index >= 15 is 0 Å². The summed E-state index contributed by atoms with van der Waals surface area (Å²) in [5.74, 6) is 0.635. The molecule has 0 atom stereocenters. The maximum absolute atomic E-state index is 13.2. The quantitative estimate of drug-likeness (QED) is 0.658. The van der Waals surface area contributed by atoms with Crippen LogP contribution >= 0.6 is 0 Å². The number of halogens is 1. The van der Waals surface area contributed by atoms with Gasteiger partial charge in [0.15, 0.2) is 5.96 Å². The molecule has 3 nitrogen and oxygen atoms in total. The minimum absolute atomic E-state index is 0.0960. The fraction of sp³-hybridized carbons (Fsp3) is 0.562. The normalized spacial score (nSPS) is 18.6. The average molecular weight is 277 g/mol. The number of guanidine groups is 1. The van der Waals surface area contributed by atoms with Crippen molar-refractivity contribution in [3.8, 4) is 0 Å². The monoisotopic (exact) mass is 277 g/mol. The van der Waals surface area contributed by atoms with E-state index in [-0.39, 0.29) is 11.2 Å². The number of rotatable bonds is 3. The average Bonchev–Trinajstić information content (AvgIpc) is 2.50. The lowest BCUT2D eigenvalue weighted by Gasteiger charge is -2.38. The fourth-order valence-corrected chi connectivity index (χ4v) is 3.13. The number of nitrogens with zero attached hydrogens (tertiary/aromatic N) is 1. The fourth-order valence-electron chi connectivity index (χ4n) is 3.13. The number of hydrogen-bond acceptors (Lipinski definition) is 1. The first-order chi connectivity index (χ1) is 9.70. The van der Waals surface area contributed by atoms with E-state index in [2.05, 4.69) is 15.6 Å². The maximum Gasteiger partial charge on any atom is 0.190 e. The summed E-state index contributed by atoms with van der Waals surface area (Å²) in [5.41, 5.74) is 1.33. The van der Waals surface area contributed by atoms with Gasteiger partial charge in [0.1, 0.15) is 5.82 Å². The molecule has 1 aliphatic rings. The second-order valence-corrected chi connectivity index (χ2v) is 5.52. The standard InChI is InChI=1S/C16H24FN3/c1-18-15(19-2)20-12-16(10-4-3-5-11-16)13-6-8-14(17)9-7-13/h6-9H,3-5,10-12H2,1-2H3,(H2,18,19,20). The van der Waals surface area contributed by atoms with E-state index in [1.54, 1.807) is 19.2 Å². The Kier molecular flexibility index (Phi) is 4.99. The Morgan fingerprint density at radius 2 is 1.85 bits per heavy atom. The Labute approximate surface area is 120 Å². The van der Waals surface area contributed by atoms with Crippen molar-refractivity contribution >= 4 is 5.96 Å². The molecule has 0 amide bonds. The third kappa shape index (κ3) is 3.30. The summed E-state index contributed by atoms with van der Waals surface area (Å²) in [5, 5.41) is 6.44. The van der Waals surface area contributed by atoms with Gasteiger partial charge in [0.2, 0.25) is 0 Å². The van der Waals surface area contributed by atoms with Gasteiger partial charge in [-0.1, -0.05) is 31.4 Å². The van der Waals surface area contributed by atoms with Crippen LogP contribution in [0.3, 0.4) is 0 Å². The summed E-state index contributed by atoms with van der Waals surface area (Å²) in [7, 11) is 3.63. The molecule has 20 heavy (non-hydrogen) atoms. The molecule has 1 fully saturated rings. The van der Waals surface area contributed by atoms with Gasteiger partial charge < -0.3 is 10.6 Å². The van der Waals surface area contributed by atoms with E-state index in [0.717, 1.165) is 25.3 Å². The Morgan fingerprint density at radius 3 is 2.40 bits per heavy atom. The zero-order chi connectivity index (χ0) is 14.4. The van der Waals surface area contributed by atoms with Gasteiger partial charge >= 0.3 is 0 Å².